The van der Waals surface area contributed by atoms with Crippen LogP contribution in [0.15, 0.2) is 24.3 Å². The van der Waals surface area contributed by atoms with Gasteiger partial charge in [0.25, 0.3) is 0 Å². The molecule has 0 N–H and O–H groups in total. The molecule has 1 aliphatic rings. The first-order valence-electron chi connectivity index (χ1n) is 7.86. The molecule has 2 aromatic rings. The Labute approximate surface area is 136 Å². The van der Waals surface area contributed by atoms with Gasteiger partial charge in [-0.1, -0.05) is 29.8 Å². The van der Waals surface area contributed by atoms with Gasteiger partial charge in [-0.25, -0.2) is 0 Å². The van der Waals surface area contributed by atoms with Crippen molar-refractivity contribution in [2.24, 2.45) is 0 Å². The number of rotatable bonds is 4. The third-order valence-electron chi connectivity index (χ3n) is 4.33. The number of hydrogen-bond donors (Lipinski definition) is 0. The normalized spacial score (nSPS) is 17.2. The molecule has 1 aromatic heterocycles. The molecule has 3 rings (SSSR count). The summed E-state index contributed by atoms with van der Waals surface area (Å²) in [6.07, 6.45) is 0.420. The SMILES string of the molecule is COCc1nnc2n1CCN(C(=O)Cc1ccc(C)cc1)[C@@H]2C. The van der Waals surface area contributed by atoms with Crippen LogP contribution in [-0.4, -0.2) is 39.2 Å². The minimum absolute atomic E-state index is 0.0696. The Morgan fingerprint density at radius 2 is 2.00 bits per heavy atom. The van der Waals surface area contributed by atoms with Gasteiger partial charge in [-0.2, -0.15) is 0 Å². The number of carbonyl (C=O) groups excluding carboxylic acids is 1. The molecule has 1 atom stereocenters. The van der Waals surface area contributed by atoms with Crippen molar-refractivity contribution in [3.05, 3.63) is 47.0 Å². The van der Waals surface area contributed by atoms with E-state index in [0.29, 0.717) is 26.1 Å². The van der Waals surface area contributed by atoms with Gasteiger partial charge >= 0.3 is 0 Å². The molecule has 6 nitrogen and oxygen atoms in total. The van der Waals surface area contributed by atoms with Crippen LogP contribution >= 0.6 is 0 Å². The summed E-state index contributed by atoms with van der Waals surface area (Å²) in [4.78, 5) is 14.5. The number of carbonyl (C=O) groups is 1. The molecule has 0 bridgehead atoms. The number of hydrogen-bond acceptors (Lipinski definition) is 4. The number of amides is 1. The molecule has 0 saturated carbocycles. The second-order valence-electron chi connectivity index (χ2n) is 5.98. The van der Waals surface area contributed by atoms with E-state index in [2.05, 4.69) is 14.8 Å². The van der Waals surface area contributed by atoms with E-state index in [1.807, 2.05) is 43.0 Å². The molecule has 0 unspecified atom stereocenters. The first-order valence-corrected chi connectivity index (χ1v) is 7.86. The zero-order chi connectivity index (χ0) is 16.4. The Morgan fingerprint density at radius 3 is 2.70 bits per heavy atom. The smallest absolute Gasteiger partial charge is 0.227 e. The van der Waals surface area contributed by atoms with Gasteiger partial charge < -0.3 is 14.2 Å². The van der Waals surface area contributed by atoms with Gasteiger partial charge in [0.05, 0.1) is 12.5 Å². The highest BCUT2D eigenvalue weighted by atomic mass is 16.5. The number of benzene rings is 1. The quantitative estimate of drug-likeness (QED) is 0.864. The third-order valence-corrected chi connectivity index (χ3v) is 4.33. The Morgan fingerprint density at radius 1 is 1.26 bits per heavy atom. The van der Waals surface area contributed by atoms with E-state index in [1.54, 1.807) is 7.11 Å². The predicted molar refractivity (Wildman–Crippen MR) is 85.7 cm³/mol. The van der Waals surface area contributed by atoms with Crippen molar-refractivity contribution in [2.75, 3.05) is 13.7 Å². The minimum atomic E-state index is -0.0696. The second-order valence-corrected chi connectivity index (χ2v) is 5.98. The van der Waals surface area contributed by atoms with Crippen LogP contribution in [0.25, 0.3) is 0 Å². The summed E-state index contributed by atoms with van der Waals surface area (Å²) in [7, 11) is 1.64. The first kappa shape index (κ1) is 15.7. The zero-order valence-corrected chi connectivity index (χ0v) is 13.8. The van der Waals surface area contributed by atoms with Crippen molar-refractivity contribution >= 4 is 5.91 Å². The first-order chi connectivity index (χ1) is 11.1. The van der Waals surface area contributed by atoms with Gasteiger partial charge in [0, 0.05) is 20.2 Å². The molecule has 0 spiro atoms. The standard InChI is InChI=1S/C17H22N4O2/c1-12-4-6-14(7-5-12)10-16(22)20-8-9-21-15(11-23-3)18-19-17(21)13(20)2/h4-7,13H,8-11H2,1-3H3/t13-/m1/s1. The fourth-order valence-corrected chi connectivity index (χ4v) is 3.00. The summed E-state index contributed by atoms with van der Waals surface area (Å²) in [6, 6.07) is 8.04. The Balaban J connectivity index is 1.73. The van der Waals surface area contributed by atoms with Gasteiger partial charge in [-0.3, -0.25) is 4.79 Å². The van der Waals surface area contributed by atoms with E-state index in [4.69, 9.17) is 4.74 Å². The molecule has 2 heterocycles. The van der Waals surface area contributed by atoms with Crippen LogP contribution < -0.4 is 0 Å². The van der Waals surface area contributed by atoms with Crippen LogP contribution in [0.4, 0.5) is 0 Å². The molecule has 0 saturated heterocycles. The molecule has 122 valence electrons. The number of fused-ring (bicyclic) bond motifs is 1. The van der Waals surface area contributed by atoms with Gasteiger partial charge in [0.1, 0.15) is 6.61 Å². The molecule has 0 aliphatic carbocycles. The van der Waals surface area contributed by atoms with E-state index < -0.39 is 0 Å². The van der Waals surface area contributed by atoms with Crippen molar-refractivity contribution in [3.8, 4) is 0 Å². The van der Waals surface area contributed by atoms with E-state index in [-0.39, 0.29) is 11.9 Å². The van der Waals surface area contributed by atoms with Gasteiger partial charge in [0.2, 0.25) is 5.91 Å². The third kappa shape index (κ3) is 3.12. The highest BCUT2D eigenvalue weighted by Gasteiger charge is 2.30. The van der Waals surface area contributed by atoms with E-state index in [9.17, 15) is 4.79 Å². The number of nitrogens with zero attached hydrogens (tertiary/aromatic N) is 4. The van der Waals surface area contributed by atoms with Crippen molar-refractivity contribution in [1.29, 1.82) is 0 Å². The minimum Gasteiger partial charge on any atom is -0.377 e. The molecule has 1 aliphatic heterocycles. The molecule has 1 amide bonds. The maximum absolute atomic E-state index is 12.6. The van der Waals surface area contributed by atoms with Crippen molar-refractivity contribution in [3.63, 3.8) is 0 Å². The summed E-state index contributed by atoms with van der Waals surface area (Å²) in [6.45, 7) is 5.88. The number of aromatic nitrogens is 3. The lowest BCUT2D eigenvalue weighted by Gasteiger charge is -2.33. The molecule has 6 heteroatoms. The zero-order valence-electron chi connectivity index (χ0n) is 13.8. The Hall–Kier alpha value is -2.21. The lowest BCUT2D eigenvalue weighted by molar-refractivity contribution is -0.133. The summed E-state index contributed by atoms with van der Waals surface area (Å²) < 4.78 is 7.21. The second kappa shape index (κ2) is 6.50. The van der Waals surface area contributed by atoms with Crippen LogP contribution in [-0.2, 0) is 29.1 Å². The average Bonchev–Trinajstić information content (AvgIpc) is 2.94. The van der Waals surface area contributed by atoms with E-state index >= 15 is 0 Å². The van der Waals surface area contributed by atoms with Crippen LogP contribution in [0.2, 0.25) is 0 Å². The Kier molecular flexibility index (Phi) is 4.43. The van der Waals surface area contributed by atoms with Gasteiger partial charge in [-0.05, 0) is 19.4 Å². The van der Waals surface area contributed by atoms with Crippen LogP contribution in [0.1, 0.15) is 35.7 Å². The van der Waals surface area contributed by atoms with Crippen LogP contribution in [0.3, 0.4) is 0 Å². The molecule has 0 fully saturated rings. The molecule has 0 radical (unpaired) electrons. The summed E-state index contributed by atoms with van der Waals surface area (Å²) in [5.74, 6) is 1.78. The highest BCUT2D eigenvalue weighted by molar-refractivity contribution is 5.79. The maximum Gasteiger partial charge on any atom is 0.227 e. The molecule has 23 heavy (non-hydrogen) atoms. The van der Waals surface area contributed by atoms with Crippen molar-refractivity contribution in [1.82, 2.24) is 19.7 Å². The highest BCUT2D eigenvalue weighted by Crippen LogP contribution is 2.25. The maximum atomic E-state index is 12.6. The monoisotopic (exact) mass is 314 g/mol. The van der Waals surface area contributed by atoms with Crippen molar-refractivity contribution in [2.45, 2.75) is 39.5 Å². The molecule has 1 aromatic carbocycles. The number of methoxy groups -OCH3 is 1. The van der Waals surface area contributed by atoms with Gasteiger partial charge in [0.15, 0.2) is 11.6 Å². The van der Waals surface area contributed by atoms with Crippen molar-refractivity contribution < 1.29 is 9.53 Å². The number of aryl methyl sites for hydroxylation is 1. The van der Waals surface area contributed by atoms with Gasteiger partial charge in [-0.15, -0.1) is 10.2 Å². The fraction of sp³-hybridized carbons (Fsp3) is 0.471. The van der Waals surface area contributed by atoms with Crippen LogP contribution in [0, 0.1) is 6.92 Å². The largest absolute Gasteiger partial charge is 0.377 e. The fourth-order valence-electron chi connectivity index (χ4n) is 3.00. The lowest BCUT2D eigenvalue weighted by atomic mass is 10.1. The summed E-state index contributed by atoms with van der Waals surface area (Å²) in [5.41, 5.74) is 2.24. The lowest BCUT2D eigenvalue weighted by Crippen LogP contribution is -2.42. The van der Waals surface area contributed by atoms with Crippen LogP contribution in [0.5, 0.6) is 0 Å². The predicted octanol–water partition coefficient (Wildman–Crippen LogP) is 1.88. The molecular weight excluding hydrogens is 292 g/mol. The number of ether oxygens (including phenoxy) is 1. The topological polar surface area (TPSA) is 60.3 Å². The summed E-state index contributed by atoms with van der Waals surface area (Å²) in [5, 5.41) is 8.42. The average molecular weight is 314 g/mol. The van der Waals surface area contributed by atoms with E-state index in [0.717, 1.165) is 17.2 Å². The Bertz CT molecular complexity index is 693. The van der Waals surface area contributed by atoms with E-state index in [1.165, 1.54) is 5.56 Å². The molecular formula is C17H22N4O2. The summed E-state index contributed by atoms with van der Waals surface area (Å²) >= 11 is 0.